The van der Waals surface area contributed by atoms with E-state index in [2.05, 4.69) is 20.8 Å². The molecule has 0 spiro atoms. The maximum absolute atomic E-state index is 13.6. The van der Waals surface area contributed by atoms with Gasteiger partial charge in [0.25, 0.3) is 0 Å². The summed E-state index contributed by atoms with van der Waals surface area (Å²) in [5, 5.41) is 11.0. The van der Waals surface area contributed by atoms with Gasteiger partial charge >= 0.3 is 11.6 Å². The van der Waals surface area contributed by atoms with Crippen LogP contribution >= 0.6 is 0 Å². The van der Waals surface area contributed by atoms with Crippen molar-refractivity contribution >= 4 is 17.3 Å². The lowest BCUT2D eigenvalue weighted by Gasteiger charge is -2.62. The molecule has 3 saturated carbocycles. The van der Waals surface area contributed by atoms with Crippen LogP contribution in [-0.2, 0) is 14.3 Å². The van der Waals surface area contributed by atoms with Gasteiger partial charge in [0.15, 0.2) is 5.78 Å². The number of carbonyl (C=O) groups excluding carboxylic acids is 2. The third kappa shape index (κ3) is 4.66. The summed E-state index contributed by atoms with van der Waals surface area (Å²) in [7, 11) is 0. The van der Waals surface area contributed by atoms with E-state index in [1.54, 1.807) is 19.1 Å². The minimum atomic E-state index is -0.533. The van der Waals surface area contributed by atoms with Crippen LogP contribution in [0, 0.1) is 35.0 Å². The second-order valence-electron chi connectivity index (χ2n) is 12.6. The molecule has 0 aliphatic heterocycles. The molecule has 1 heterocycles. The van der Waals surface area contributed by atoms with E-state index in [1.165, 1.54) is 6.92 Å². The summed E-state index contributed by atoms with van der Waals surface area (Å²) in [4.78, 5) is 37.0. The van der Waals surface area contributed by atoms with Gasteiger partial charge < -0.3 is 14.3 Å². The number of esters is 1. The molecule has 1 aromatic rings. The predicted molar refractivity (Wildman–Crippen MR) is 147 cm³/mol. The van der Waals surface area contributed by atoms with Crippen molar-refractivity contribution in [1.29, 1.82) is 0 Å². The number of hydrogen-bond donors (Lipinski definition) is 1. The molecular formula is C32H42O6. The van der Waals surface area contributed by atoms with Crippen LogP contribution in [0.1, 0.15) is 85.0 Å². The second-order valence-corrected chi connectivity index (χ2v) is 12.6. The highest BCUT2D eigenvalue weighted by Crippen LogP contribution is 2.69. The molecule has 3 fully saturated rings. The molecule has 3 aliphatic carbocycles. The van der Waals surface area contributed by atoms with Crippen molar-refractivity contribution in [2.75, 3.05) is 6.61 Å². The Balaban J connectivity index is 1.63. The molecule has 0 radical (unpaired) electrons. The van der Waals surface area contributed by atoms with Crippen molar-refractivity contribution < 1.29 is 23.8 Å². The number of ketones is 1. The first-order chi connectivity index (χ1) is 17.7. The highest BCUT2D eigenvalue weighted by molar-refractivity contribution is 6.00. The van der Waals surface area contributed by atoms with Crippen LogP contribution in [0.4, 0.5) is 0 Å². The SMILES string of the molecule is CC(=O)OCC1(C)C(O)CCC2(C)C3CC(=O)C(=C(C)C=CC=C(C)c4ccc(C)c(=O)o4)C3(C)CCC12. The molecule has 3 aliphatic rings. The number of fused-ring (bicyclic) bond motifs is 3. The molecular weight excluding hydrogens is 480 g/mol. The van der Waals surface area contributed by atoms with E-state index in [0.717, 1.165) is 36.0 Å². The maximum atomic E-state index is 13.6. The molecule has 6 unspecified atom stereocenters. The van der Waals surface area contributed by atoms with Crippen LogP contribution in [0.25, 0.3) is 5.57 Å². The Hall–Kier alpha value is -2.73. The van der Waals surface area contributed by atoms with Gasteiger partial charge in [-0.3, -0.25) is 9.59 Å². The van der Waals surface area contributed by atoms with Crippen molar-refractivity contribution in [1.82, 2.24) is 0 Å². The maximum Gasteiger partial charge on any atom is 0.339 e. The van der Waals surface area contributed by atoms with Gasteiger partial charge in [-0.05, 0) is 87.0 Å². The van der Waals surface area contributed by atoms with Crippen molar-refractivity contribution in [3.63, 3.8) is 0 Å². The van der Waals surface area contributed by atoms with Gasteiger partial charge in [-0.15, -0.1) is 0 Å². The number of allylic oxidation sites excluding steroid dienone is 6. The van der Waals surface area contributed by atoms with Crippen molar-refractivity contribution in [3.8, 4) is 0 Å². The van der Waals surface area contributed by atoms with E-state index < -0.39 is 11.5 Å². The van der Waals surface area contributed by atoms with Crippen LogP contribution in [0.3, 0.4) is 0 Å². The highest BCUT2D eigenvalue weighted by atomic mass is 16.5. The largest absolute Gasteiger partial charge is 0.465 e. The first-order valence-corrected chi connectivity index (χ1v) is 13.8. The van der Waals surface area contributed by atoms with E-state index in [1.807, 2.05) is 32.1 Å². The molecule has 4 rings (SSSR count). The molecule has 6 heteroatoms. The number of hydrogen-bond acceptors (Lipinski definition) is 6. The number of carbonyl (C=O) groups is 2. The lowest BCUT2D eigenvalue weighted by Crippen LogP contribution is -2.60. The summed E-state index contributed by atoms with van der Waals surface area (Å²) in [5.74, 6) is 0.738. The Morgan fingerprint density at radius 1 is 1.11 bits per heavy atom. The average molecular weight is 523 g/mol. The zero-order valence-electron chi connectivity index (χ0n) is 23.8. The predicted octanol–water partition coefficient (Wildman–Crippen LogP) is 5.96. The molecule has 38 heavy (non-hydrogen) atoms. The highest BCUT2D eigenvalue weighted by Gasteiger charge is 2.65. The Morgan fingerprint density at radius 2 is 1.82 bits per heavy atom. The summed E-state index contributed by atoms with van der Waals surface area (Å²) < 4.78 is 10.8. The second kappa shape index (κ2) is 10.1. The quantitative estimate of drug-likeness (QED) is 0.291. The molecule has 206 valence electrons. The summed E-state index contributed by atoms with van der Waals surface area (Å²) >= 11 is 0. The standard InChI is InChI=1S/C32H42O6/c1-19(24-12-11-21(3)29(36)38-24)9-8-10-20(2)28-23(34)17-26-30(5)16-14-27(35)32(7,18-37-22(4)33)25(30)13-15-31(26,28)6/h8-12,25-27,35H,13-18H2,1-7H3. The van der Waals surface area contributed by atoms with Gasteiger partial charge in [-0.1, -0.05) is 39.0 Å². The van der Waals surface area contributed by atoms with Gasteiger partial charge in [0.1, 0.15) is 5.76 Å². The minimum absolute atomic E-state index is 0.137. The van der Waals surface area contributed by atoms with Gasteiger partial charge in [-0.25, -0.2) is 4.79 Å². The summed E-state index contributed by atoms with van der Waals surface area (Å²) in [6.07, 6.45) is 9.01. The average Bonchev–Trinajstić information content (AvgIpc) is 3.13. The number of aryl methyl sites for hydroxylation is 1. The molecule has 0 amide bonds. The Kier molecular flexibility index (Phi) is 7.52. The fraction of sp³-hybridized carbons (Fsp3) is 0.594. The molecule has 6 atom stereocenters. The Morgan fingerprint density at radius 3 is 2.47 bits per heavy atom. The fourth-order valence-corrected chi connectivity index (χ4v) is 8.05. The summed E-state index contributed by atoms with van der Waals surface area (Å²) in [5.41, 5.74) is 2.04. The van der Waals surface area contributed by atoms with E-state index in [-0.39, 0.29) is 46.7 Å². The number of aliphatic hydroxyl groups is 1. The monoisotopic (exact) mass is 522 g/mol. The molecule has 1 N–H and O–H groups in total. The third-order valence-electron chi connectivity index (χ3n) is 10.1. The van der Waals surface area contributed by atoms with Crippen LogP contribution in [0.2, 0.25) is 0 Å². The van der Waals surface area contributed by atoms with Crippen LogP contribution in [0.15, 0.2) is 50.7 Å². The van der Waals surface area contributed by atoms with Crippen molar-refractivity contribution in [3.05, 3.63) is 63.3 Å². The van der Waals surface area contributed by atoms with Crippen molar-refractivity contribution in [2.24, 2.45) is 28.1 Å². The van der Waals surface area contributed by atoms with Crippen molar-refractivity contribution in [2.45, 2.75) is 86.7 Å². The lowest BCUT2D eigenvalue weighted by molar-refractivity contribution is -0.189. The minimum Gasteiger partial charge on any atom is -0.465 e. The van der Waals surface area contributed by atoms with Crippen LogP contribution < -0.4 is 5.63 Å². The van der Waals surface area contributed by atoms with E-state index in [4.69, 9.17) is 9.15 Å². The molecule has 0 saturated heterocycles. The lowest BCUT2D eigenvalue weighted by atomic mass is 9.43. The van der Waals surface area contributed by atoms with E-state index >= 15 is 0 Å². The van der Waals surface area contributed by atoms with Gasteiger partial charge in [-0.2, -0.15) is 0 Å². The number of aliphatic hydroxyl groups excluding tert-OH is 1. The summed E-state index contributed by atoms with van der Waals surface area (Å²) in [6.45, 7) is 13.8. The zero-order valence-corrected chi connectivity index (χ0v) is 23.8. The molecule has 0 bridgehead atoms. The molecule has 6 nitrogen and oxygen atoms in total. The number of Topliss-reactive ketones (excluding diaryl/α,β-unsaturated/α-hetero) is 1. The smallest absolute Gasteiger partial charge is 0.339 e. The summed E-state index contributed by atoms with van der Waals surface area (Å²) in [6, 6.07) is 3.55. The zero-order chi connectivity index (χ0) is 28.0. The topological polar surface area (TPSA) is 93.8 Å². The van der Waals surface area contributed by atoms with Gasteiger partial charge in [0.05, 0.1) is 12.7 Å². The number of rotatable bonds is 5. The Labute approximate surface area is 225 Å². The van der Waals surface area contributed by atoms with Crippen LogP contribution in [0.5, 0.6) is 0 Å². The molecule has 1 aromatic heterocycles. The third-order valence-corrected chi connectivity index (χ3v) is 10.1. The Bertz CT molecular complexity index is 1280. The number of ether oxygens (including phenoxy) is 1. The van der Waals surface area contributed by atoms with Crippen LogP contribution in [-0.4, -0.2) is 29.6 Å². The van der Waals surface area contributed by atoms with E-state index in [0.29, 0.717) is 24.2 Å². The van der Waals surface area contributed by atoms with Gasteiger partial charge in [0.2, 0.25) is 0 Å². The normalized spacial score (nSPS) is 36.7. The van der Waals surface area contributed by atoms with E-state index in [9.17, 15) is 19.5 Å². The van der Waals surface area contributed by atoms with Gasteiger partial charge in [0, 0.05) is 35.3 Å². The fourth-order valence-electron chi connectivity index (χ4n) is 8.05. The first kappa shape index (κ1) is 28.3. The first-order valence-electron chi connectivity index (χ1n) is 13.8. The molecule has 0 aromatic carbocycles.